The van der Waals surface area contributed by atoms with E-state index in [9.17, 15) is 0 Å². The molecule has 1 aromatic rings. The highest BCUT2D eigenvalue weighted by Gasteiger charge is 2.13. The molecule has 0 fully saturated rings. The summed E-state index contributed by atoms with van der Waals surface area (Å²) in [6.45, 7) is 8.09. The lowest BCUT2D eigenvalue weighted by Crippen LogP contribution is -2.37. The highest BCUT2D eigenvalue weighted by molar-refractivity contribution is 5.79. The molecule has 0 spiro atoms. The molecule has 2 N–H and O–H groups in total. The molecule has 0 unspecified atom stereocenters. The quantitative estimate of drug-likeness (QED) is 0.417. The van der Waals surface area contributed by atoms with Crippen molar-refractivity contribution >= 4 is 5.96 Å². The van der Waals surface area contributed by atoms with Crippen molar-refractivity contribution in [2.75, 3.05) is 13.6 Å². The molecular weight excluding hydrogens is 264 g/mol. The second-order valence-electron chi connectivity index (χ2n) is 5.15. The summed E-state index contributed by atoms with van der Waals surface area (Å²) in [5.74, 6) is 1.81. The molecule has 1 aromatic heterocycles. The largest absolute Gasteiger partial charge is 0.361 e. The summed E-state index contributed by atoms with van der Waals surface area (Å²) < 4.78 is 5.38. The average Bonchev–Trinajstić information content (AvgIpc) is 2.92. The van der Waals surface area contributed by atoms with Crippen LogP contribution in [0.5, 0.6) is 0 Å². The monoisotopic (exact) mass is 294 g/mol. The first-order valence-corrected chi connectivity index (χ1v) is 8.17. The number of unbranched alkanes of at least 4 members (excludes halogenated alkanes) is 3. The molecule has 0 atom stereocenters. The Balaban J connectivity index is 2.43. The maximum atomic E-state index is 5.38. The van der Waals surface area contributed by atoms with E-state index in [-0.39, 0.29) is 0 Å². The Kier molecular flexibility index (Phi) is 8.55. The number of aryl methyl sites for hydroxylation is 2. The predicted octanol–water partition coefficient (Wildman–Crippen LogP) is 3.04. The van der Waals surface area contributed by atoms with E-state index in [0.29, 0.717) is 6.54 Å². The van der Waals surface area contributed by atoms with Crippen molar-refractivity contribution < 1.29 is 4.52 Å². The normalized spacial score (nSPS) is 11.7. The third-order valence-electron chi connectivity index (χ3n) is 3.59. The maximum absolute atomic E-state index is 5.38. The van der Waals surface area contributed by atoms with Crippen molar-refractivity contribution in [2.24, 2.45) is 4.99 Å². The third-order valence-corrected chi connectivity index (χ3v) is 3.59. The van der Waals surface area contributed by atoms with Gasteiger partial charge in [-0.15, -0.1) is 0 Å². The Morgan fingerprint density at radius 1 is 1.10 bits per heavy atom. The van der Waals surface area contributed by atoms with Crippen LogP contribution in [-0.4, -0.2) is 24.7 Å². The van der Waals surface area contributed by atoms with Crippen LogP contribution in [0.15, 0.2) is 9.52 Å². The number of nitrogens with one attached hydrogen (secondary N) is 2. The van der Waals surface area contributed by atoms with Gasteiger partial charge in [0.05, 0.1) is 5.69 Å². The third kappa shape index (κ3) is 5.78. The van der Waals surface area contributed by atoms with E-state index in [1.807, 2.05) is 0 Å². The number of hydrogen-bond donors (Lipinski definition) is 2. The first-order chi connectivity index (χ1) is 10.3. The smallest absolute Gasteiger partial charge is 0.191 e. The van der Waals surface area contributed by atoms with Crippen LogP contribution in [0.25, 0.3) is 0 Å². The molecule has 0 amide bonds. The minimum absolute atomic E-state index is 0.713. The Morgan fingerprint density at radius 3 is 2.52 bits per heavy atom. The van der Waals surface area contributed by atoms with Crippen LogP contribution >= 0.6 is 0 Å². The summed E-state index contributed by atoms with van der Waals surface area (Å²) in [5, 5.41) is 10.8. The highest BCUT2D eigenvalue weighted by atomic mass is 16.5. The van der Waals surface area contributed by atoms with Gasteiger partial charge < -0.3 is 15.2 Å². The van der Waals surface area contributed by atoms with E-state index in [0.717, 1.165) is 36.8 Å². The zero-order valence-corrected chi connectivity index (χ0v) is 14.0. The van der Waals surface area contributed by atoms with Crippen molar-refractivity contribution in [3.63, 3.8) is 0 Å². The second kappa shape index (κ2) is 10.2. The van der Waals surface area contributed by atoms with Gasteiger partial charge in [0.1, 0.15) is 5.76 Å². The van der Waals surface area contributed by atoms with Crippen LogP contribution in [-0.2, 0) is 19.4 Å². The number of hydrogen-bond acceptors (Lipinski definition) is 3. The van der Waals surface area contributed by atoms with E-state index < -0.39 is 0 Å². The Bertz CT molecular complexity index is 404. The minimum Gasteiger partial charge on any atom is -0.361 e. The molecule has 0 aliphatic rings. The van der Waals surface area contributed by atoms with Crippen LogP contribution in [0.3, 0.4) is 0 Å². The van der Waals surface area contributed by atoms with Gasteiger partial charge in [0.25, 0.3) is 0 Å². The lowest BCUT2D eigenvalue weighted by atomic mass is 10.1. The van der Waals surface area contributed by atoms with Gasteiger partial charge in [-0.1, -0.05) is 45.2 Å². The zero-order chi connectivity index (χ0) is 15.5. The number of aliphatic imine (C=N–C) groups is 1. The SMILES string of the molecule is CCCCCCNC(=NC)NCc1c(CC)noc1CC. The zero-order valence-electron chi connectivity index (χ0n) is 14.0. The number of nitrogens with zero attached hydrogens (tertiary/aromatic N) is 2. The van der Waals surface area contributed by atoms with Gasteiger partial charge in [0.2, 0.25) is 0 Å². The lowest BCUT2D eigenvalue weighted by Gasteiger charge is -2.12. The highest BCUT2D eigenvalue weighted by Crippen LogP contribution is 2.15. The van der Waals surface area contributed by atoms with Crippen LogP contribution in [0.2, 0.25) is 0 Å². The van der Waals surface area contributed by atoms with Gasteiger partial charge in [-0.25, -0.2) is 0 Å². The minimum atomic E-state index is 0.713. The molecule has 1 rings (SSSR count). The maximum Gasteiger partial charge on any atom is 0.191 e. The van der Waals surface area contributed by atoms with Crippen molar-refractivity contribution in [3.8, 4) is 0 Å². The summed E-state index contributed by atoms with van der Waals surface area (Å²) >= 11 is 0. The predicted molar refractivity (Wildman–Crippen MR) is 87.6 cm³/mol. The van der Waals surface area contributed by atoms with Gasteiger partial charge >= 0.3 is 0 Å². The van der Waals surface area contributed by atoms with Crippen molar-refractivity contribution in [1.29, 1.82) is 0 Å². The fourth-order valence-electron chi connectivity index (χ4n) is 2.29. The van der Waals surface area contributed by atoms with Crippen molar-refractivity contribution in [2.45, 2.75) is 65.8 Å². The summed E-state index contributed by atoms with van der Waals surface area (Å²) in [5.41, 5.74) is 2.21. The molecule has 0 saturated carbocycles. The Labute approximate surface area is 128 Å². The van der Waals surface area contributed by atoms with E-state index in [1.54, 1.807) is 7.05 Å². The fraction of sp³-hybridized carbons (Fsp3) is 0.750. The average molecular weight is 294 g/mol. The first-order valence-electron chi connectivity index (χ1n) is 8.17. The number of rotatable bonds is 9. The molecule has 0 aliphatic heterocycles. The number of aromatic nitrogens is 1. The van der Waals surface area contributed by atoms with Gasteiger partial charge in [0.15, 0.2) is 5.96 Å². The molecule has 1 heterocycles. The lowest BCUT2D eigenvalue weighted by molar-refractivity contribution is 0.380. The molecule has 0 aromatic carbocycles. The van der Waals surface area contributed by atoms with Crippen molar-refractivity contribution in [1.82, 2.24) is 15.8 Å². The summed E-state index contributed by atoms with van der Waals surface area (Å²) in [6.07, 6.45) is 6.78. The molecular formula is C16H30N4O. The molecule has 5 nitrogen and oxygen atoms in total. The molecule has 21 heavy (non-hydrogen) atoms. The Hall–Kier alpha value is -1.52. The van der Waals surface area contributed by atoms with E-state index >= 15 is 0 Å². The van der Waals surface area contributed by atoms with Crippen LogP contribution in [0, 0.1) is 0 Å². The molecule has 0 saturated heterocycles. The van der Waals surface area contributed by atoms with Gasteiger partial charge in [-0.05, 0) is 12.8 Å². The van der Waals surface area contributed by atoms with Crippen molar-refractivity contribution in [3.05, 3.63) is 17.0 Å². The van der Waals surface area contributed by atoms with Gasteiger partial charge in [-0.2, -0.15) is 0 Å². The van der Waals surface area contributed by atoms with Gasteiger partial charge in [-0.3, -0.25) is 4.99 Å². The van der Waals surface area contributed by atoms with E-state index in [1.165, 1.54) is 31.2 Å². The van der Waals surface area contributed by atoms with Crippen LogP contribution in [0.1, 0.15) is 63.5 Å². The first kappa shape index (κ1) is 17.5. The van der Waals surface area contributed by atoms with Crippen LogP contribution < -0.4 is 10.6 Å². The molecule has 0 bridgehead atoms. The fourth-order valence-corrected chi connectivity index (χ4v) is 2.29. The summed E-state index contributed by atoms with van der Waals surface area (Å²) in [4.78, 5) is 4.26. The summed E-state index contributed by atoms with van der Waals surface area (Å²) in [6, 6.07) is 0. The molecule has 120 valence electrons. The topological polar surface area (TPSA) is 62.5 Å². The standard InChI is InChI=1S/C16H30N4O/c1-5-8-9-10-11-18-16(17-4)19-12-13-14(6-2)20-21-15(13)7-3/h5-12H2,1-4H3,(H2,17,18,19). The molecule has 0 aliphatic carbocycles. The summed E-state index contributed by atoms with van der Waals surface area (Å²) in [7, 11) is 1.80. The number of guanidine groups is 1. The Morgan fingerprint density at radius 2 is 1.90 bits per heavy atom. The van der Waals surface area contributed by atoms with E-state index in [2.05, 4.69) is 41.6 Å². The van der Waals surface area contributed by atoms with Crippen LogP contribution in [0.4, 0.5) is 0 Å². The van der Waals surface area contributed by atoms with Gasteiger partial charge in [0, 0.05) is 32.1 Å². The molecule has 5 heteroatoms. The second-order valence-corrected chi connectivity index (χ2v) is 5.15. The molecule has 0 radical (unpaired) electrons. The van der Waals surface area contributed by atoms with E-state index in [4.69, 9.17) is 4.52 Å².